The molecule has 1 aliphatic heterocycles. The summed E-state index contributed by atoms with van der Waals surface area (Å²) in [4.78, 5) is 4.40. The Hall–Kier alpha value is -1.03. The minimum atomic E-state index is 0.403. The Morgan fingerprint density at radius 3 is 2.85 bits per heavy atom. The predicted molar refractivity (Wildman–Crippen MR) is 85.9 cm³/mol. The van der Waals surface area contributed by atoms with Gasteiger partial charge in [-0.3, -0.25) is 4.99 Å². The predicted octanol–water partition coefficient (Wildman–Crippen LogP) is 2.84. The molecule has 4 nitrogen and oxygen atoms in total. The van der Waals surface area contributed by atoms with Crippen molar-refractivity contribution in [3.63, 3.8) is 0 Å². The van der Waals surface area contributed by atoms with Crippen LogP contribution in [0.2, 0.25) is 0 Å². The molecule has 0 aromatic heterocycles. The van der Waals surface area contributed by atoms with E-state index >= 15 is 0 Å². The zero-order valence-electron chi connectivity index (χ0n) is 13.3. The molecular formula is C16H31N3O. The van der Waals surface area contributed by atoms with Crippen LogP contribution in [0.4, 0.5) is 0 Å². The van der Waals surface area contributed by atoms with E-state index in [4.69, 9.17) is 10.5 Å². The van der Waals surface area contributed by atoms with Gasteiger partial charge in [0.05, 0.1) is 13.2 Å². The monoisotopic (exact) mass is 281 g/mol. The molecule has 0 fully saturated rings. The van der Waals surface area contributed by atoms with E-state index in [1.54, 1.807) is 0 Å². The maximum atomic E-state index is 5.92. The molecule has 20 heavy (non-hydrogen) atoms. The van der Waals surface area contributed by atoms with Crippen LogP contribution >= 0.6 is 0 Å². The molecule has 1 rings (SSSR count). The second-order valence-electron chi connectivity index (χ2n) is 6.07. The van der Waals surface area contributed by atoms with Gasteiger partial charge >= 0.3 is 0 Å². The number of nitrogens with one attached hydrogen (secondary N) is 1. The molecule has 0 amide bonds. The third-order valence-corrected chi connectivity index (χ3v) is 3.59. The third-order valence-electron chi connectivity index (χ3n) is 3.59. The van der Waals surface area contributed by atoms with Crippen LogP contribution in [-0.4, -0.2) is 31.8 Å². The van der Waals surface area contributed by atoms with Crippen LogP contribution in [-0.2, 0) is 4.74 Å². The lowest BCUT2D eigenvalue weighted by atomic mass is 10.0. The van der Waals surface area contributed by atoms with Gasteiger partial charge in [-0.05, 0) is 32.1 Å². The second kappa shape index (κ2) is 9.81. The summed E-state index contributed by atoms with van der Waals surface area (Å²) in [6.07, 6.45) is 7.86. The van der Waals surface area contributed by atoms with Gasteiger partial charge in [0.25, 0.3) is 0 Å². The second-order valence-corrected chi connectivity index (χ2v) is 6.07. The lowest BCUT2D eigenvalue weighted by molar-refractivity contribution is 0.153. The van der Waals surface area contributed by atoms with Crippen molar-refractivity contribution in [1.29, 1.82) is 0 Å². The van der Waals surface area contributed by atoms with E-state index in [2.05, 4.69) is 37.2 Å². The lowest BCUT2D eigenvalue weighted by Gasteiger charge is -2.15. The first-order valence-electron chi connectivity index (χ1n) is 7.90. The van der Waals surface area contributed by atoms with Gasteiger partial charge in [0.1, 0.15) is 0 Å². The Kier molecular flexibility index (Phi) is 8.35. The summed E-state index contributed by atoms with van der Waals surface area (Å²) in [5, 5.41) is 3.27. The molecule has 3 N–H and O–H groups in total. The average molecular weight is 281 g/mol. The zero-order valence-corrected chi connectivity index (χ0v) is 13.3. The number of hydrogen-bond acceptors (Lipinski definition) is 2. The van der Waals surface area contributed by atoms with Gasteiger partial charge in [0.2, 0.25) is 0 Å². The fourth-order valence-corrected chi connectivity index (χ4v) is 2.32. The molecule has 116 valence electrons. The quantitative estimate of drug-likeness (QED) is 0.408. The van der Waals surface area contributed by atoms with E-state index in [1.165, 1.54) is 18.4 Å². The summed E-state index contributed by atoms with van der Waals surface area (Å²) in [5.41, 5.74) is 7.36. The summed E-state index contributed by atoms with van der Waals surface area (Å²) >= 11 is 0. The molecule has 0 saturated carbocycles. The highest BCUT2D eigenvalue weighted by atomic mass is 16.5. The summed E-state index contributed by atoms with van der Waals surface area (Å²) < 4.78 is 5.28. The first-order valence-corrected chi connectivity index (χ1v) is 7.90. The van der Waals surface area contributed by atoms with E-state index < -0.39 is 0 Å². The van der Waals surface area contributed by atoms with Gasteiger partial charge in [0.15, 0.2) is 5.96 Å². The SMILES string of the molecule is CC(C)CCCC(C)NC(N)=NCCC1=CCOCC1. The fraction of sp³-hybridized carbons (Fsp3) is 0.812. The van der Waals surface area contributed by atoms with Crippen molar-refractivity contribution in [1.82, 2.24) is 5.32 Å². The van der Waals surface area contributed by atoms with E-state index in [0.29, 0.717) is 12.0 Å². The highest BCUT2D eigenvalue weighted by molar-refractivity contribution is 5.78. The molecule has 1 heterocycles. The van der Waals surface area contributed by atoms with Crippen molar-refractivity contribution in [2.45, 2.75) is 58.9 Å². The van der Waals surface area contributed by atoms with Crippen LogP contribution in [0.15, 0.2) is 16.6 Å². The van der Waals surface area contributed by atoms with Crippen LogP contribution in [0, 0.1) is 5.92 Å². The molecule has 1 atom stereocenters. The molecule has 0 aliphatic carbocycles. The Labute approximate surface area is 123 Å². The Morgan fingerprint density at radius 1 is 1.40 bits per heavy atom. The number of aliphatic imine (C=N–C) groups is 1. The van der Waals surface area contributed by atoms with Gasteiger partial charge in [-0.15, -0.1) is 0 Å². The highest BCUT2D eigenvalue weighted by Crippen LogP contribution is 2.11. The van der Waals surface area contributed by atoms with Gasteiger partial charge < -0.3 is 15.8 Å². The number of nitrogens with two attached hydrogens (primary N) is 1. The third kappa shape index (κ3) is 8.20. The minimum absolute atomic E-state index is 0.403. The number of guanidine groups is 1. The van der Waals surface area contributed by atoms with Crippen LogP contribution in [0.5, 0.6) is 0 Å². The molecule has 0 bridgehead atoms. The largest absolute Gasteiger partial charge is 0.377 e. The van der Waals surface area contributed by atoms with Crippen LogP contribution in [0.1, 0.15) is 52.9 Å². The van der Waals surface area contributed by atoms with Crippen LogP contribution in [0.3, 0.4) is 0 Å². The molecule has 1 unspecified atom stereocenters. The van der Waals surface area contributed by atoms with E-state index in [0.717, 1.165) is 44.9 Å². The molecule has 0 spiro atoms. The van der Waals surface area contributed by atoms with Crippen molar-refractivity contribution in [2.24, 2.45) is 16.6 Å². The fourth-order valence-electron chi connectivity index (χ4n) is 2.32. The number of nitrogens with zero attached hydrogens (tertiary/aromatic N) is 1. The number of hydrogen-bond donors (Lipinski definition) is 2. The van der Waals surface area contributed by atoms with Crippen LogP contribution in [0.25, 0.3) is 0 Å². The Bertz CT molecular complexity index is 324. The summed E-state index contributed by atoms with van der Waals surface area (Å²) in [6.45, 7) is 9.06. The Balaban J connectivity index is 2.15. The zero-order chi connectivity index (χ0) is 14.8. The van der Waals surface area contributed by atoms with Gasteiger partial charge in [-0.1, -0.05) is 38.3 Å². The molecule has 0 radical (unpaired) electrons. The molecule has 0 aromatic carbocycles. The lowest BCUT2D eigenvalue weighted by Crippen LogP contribution is -2.38. The van der Waals surface area contributed by atoms with Crippen molar-refractivity contribution in [3.8, 4) is 0 Å². The smallest absolute Gasteiger partial charge is 0.188 e. The molecule has 4 heteroatoms. The molecular weight excluding hydrogens is 250 g/mol. The van der Waals surface area contributed by atoms with Crippen molar-refractivity contribution >= 4 is 5.96 Å². The van der Waals surface area contributed by atoms with Gasteiger partial charge in [-0.25, -0.2) is 0 Å². The first-order chi connectivity index (χ1) is 9.58. The van der Waals surface area contributed by atoms with Gasteiger partial charge in [-0.2, -0.15) is 0 Å². The van der Waals surface area contributed by atoms with E-state index in [1.807, 2.05) is 0 Å². The first kappa shape index (κ1) is 17.0. The maximum absolute atomic E-state index is 5.92. The molecule has 1 aliphatic rings. The minimum Gasteiger partial charge on any atom is -0.377 e. The van der Waals surface area contributed by atoms with Crippen LogP contribution < -0.4 is 11.1 Å². The number of rotatable bonds is 8. The topological polar surface area (TPSA) is 59.6 Å². The van der Waals surface area contributed by atoms with E-state index in [-0.39, 0.29) is 0 Å². The average Bonchev–Trinajstić information content (AvgIpc) is 2.39. The molecule has 0 aromatic rings. The van der Waals surface area contributed by atoms with E-state index in [9.17, 15) is 0 Å². The number of ether oxygens (including phenoxy) is 1. The maximum Gasteiger partial charge on any atom is 0.188 e. The van der Waals surface area contributed by atoms with Gasteiger partial charge in [0, 0.05) is 12.6 Å². The summed E-state index contributed by atoms with van der Waals surface area (Å²) in [5.74, 6) is 1.36. The normalized spacial score (nSPS) is 18.0. The van der Waals surface area contributed by atoms with Crippen molar-refractivity contribution in [2.75, 3.05) is 19.8 Å². The molecule has 0 saturated heterocycles. The Morgan fingerprint density at radius 2 is 2.20 bits per heavy atom. The van der Waals surface area contributed by atoms with Crippen molar-refractivity contribution in [3.05, 3.63) is 11.6 Å². The summed E-state index contributed by atoms with van der Waals surface area (Å²) in [7, 11) is 0. The standard InChI is InChI=1S/C16H31N3O/c1-13(2)5-4-6-14(3)19-16(17)18-10-7-15-8-11-20-12-9-15/h8,13-14H,4-7,9-12H2,1-3H3,(H3,17,18,19). The summed E-state index contributed by atoms with van der Waals surface area (Å²) in [6, 6.07) is 0.403. The van der Waals surface area contributed by atoms with Crippen molar-refractivity contribution < 1.29 is 4.74 Å². The highest BCUT2D eigenvalue weighted by Gasteiger charge is 2.05.